The summed E-state index contributed by atoms with van der Waals surface area (Å²) in [5.41, 5.74) is 0.774. The Bertz CT molecular complexity index is 462. The van der Waals surface area contributed by atoms with E-state index in [0.717, 1.165) is 18.5 Å². The van der Waals surface area contributed by atoms with Gasteiger partial charge in [-0.15, -0.1) is 0 Å². The van der Waals surface area contributed by atoms with E-state index in [9.17, 15) is 4.79 Å². The smallest absolute Gasteiger partial charge is 0.149 e. The number of carbonyl (C=O) groups is 1. The van der Waals surface area contributed by atoms with Gasteiger partial charge in [-0.1, -0.05) is 0 Å². The molecule has 1 aliphatic rings. The van der Waals surface area contributed by atoms with Crippen molar-refractivity contribution in [2.45, 2.75) is 31.7 Å². The molecule has 5 heteroatoms. The Morgan fingerprint density at radius 1 is 1.10 bits per heavy atom. The Hall–Kier alpha value is -1.91. The first kappa shape index (κ1) is 14.5. The van der Waals surface area contributed by atoms with Crippen LogP contribution in [0.3, 0.4) is 0 Å². The lowest BCUT2D eigenvalue weighted by Crippen LogP contribution is -2.27. The van der Waals surface area contributed by atoms with E-state index < -0.39 is 0 Å². The van der Waals surface area contributed by atoms with Crippen LogP contribution in [-0.2, 0) is 4.79 Å². The first-order valence-corrected chi connectivity index (χ1v) is 6.76. The molecule has 1 aromatic carbocycles. The largest absolute Gasteiger partial charge is 0.496 e. The van der Waals surface area contributed by atoms with Crippen molar-refractivity contribution >= 4 is 11.5 Å². The molecule has 2 rings (SSSR count). The number of carbonyl (C=O) groups excluding carboxylic acids is 1. The normalized spacial score (nSPS) is 18.6. The fourth-order valence-corrected chi connectivity index (χ4v) is 2.50. The van der Waals surface area contributed by atoms with Gasteiger partial charge in [0.25, 0.3) is 0 Å². The molecule has 0 spiro atoms. The lowest BCUT2D eigenvalue weighted by Gasteiger charge is -2.25. The van der Waals surface area contributed by atoms with Crippen molar-refractivity contribution < 1.29 is 19.0 Å². The number of Topliss-reactive ketones (excluding diaryl/α,β-unsaturated/α-hetero) is 1. The van der Waals surface area contributed by atoms with E-state index in [1.54, 1.807) is 33.5 Å². The number of ketones is 1. The van der Waals surface area contributed by atoms with Crippen LogP contribution < -0.4 is 19.5 Å². The zero-order chi connectivity index (χ0) is 14.5. The predicted molar refractivity (Wildman–Crippen MR) is 77.0 cm³/mol. The number of hydrogen-bond donors (Lipinski definition) is 1. The summed E-state index contributed by atoms with van der Waals surface area (Å²) >= 11 is 0. The molecule has 0 heterocycles. The Morgan fingerprint density at radius 2 is 1.75 bits per heavy atom. The van der Waals surface area contributed by atoms with Crippen LogP contribution in [0.2, 0.25) is 0 Å². The number of methoxy groups -OCH3 is 3. The van der Waals surface area contributed by atoms with Crippen LogP contribution in [0.4, 0.5) is 5.69 Å². The van der Waals surface area contributed by atoms with Gasteiger partial charge < -0.3 is 19.5 Å². The molecule has 5 nitrogen and oxygen atoms in total. The molecule has 1 aliphatic carbocycles. The molecule has 0 bridgehead atoms. The van der Waals surface area contributed by atoms with Crippen LogP contribution in [0, 0.1) is 0 Å². The first-order valence-electron chi connectivity index (χ1n) is 6.76. The molecule has 0 aromatic heterocycles. The fourth-order valence-electron chi connectivity index (χ4n) is 2.50. The number of hydrogen-bond acceptors (Lipinski definition) is 5. The van der Waals surface area contributed by atoms with E-state index in [1.165, 1.54) is 0 Å². The molecule has 1 unspecified atom stereocenters. The molecule has 1 aromatic rings. The molecular weight excluding hydrogens is 258 g/mol. The van der Waals surface area contributed by atoms with Crippen molar-refractivity contribution in [3.63, 3.8) is 0 Å². The predicted octanol–water partition coefficient (Wildman–Crippen LogP) is 2.64. The van der Waals surface area contributed by atoms with E-state index in [-0.39, 0.29) is 6.04 Å². The van der Waals surface area contributed by atoms with E-state index in [2.05, 4.69) is 5.32 Å². The van der Waals surface area contributed by atoms with Crippen LogP contribution in [0.15, 0.2) is 12.1 Å². The Morgan fingerprint density at radius 3 is 2.25 bits per heavy atom. The minimum Gasteiger partial charge on any atom is -0.496 e. The summed E-state index contributed by atoms with van der Waals surface area (Å²) in [6.07, 6.45) is 3.15. The van der Waals surface area contributed by atoms with Gasteiger partial charge in [0.2, 0.25) is 0 Å². The second kappa shape index (κ2) is 6.50. The Balaban J connectivity index is 2.26. The average Bonchev–Trinajstić information content (AvgIpc) is 2.47. The van der Waals surface area contributed by atoms with Crippen LogP contribution >= 0.6 is 0 Å². The third-order valence-electron chi connectivity index (χ3n) is 3.55. The maximum atomic E-state index is 11.6. The van der Waals surface area contributed by atoms with Gasteiger partial charge in [-0.2, -0.15) is 0 Å². The van der Waals surface area contributed by atoms with Crippen molar-refractivity contribution in [1.29, 1.82) is 0 Å². The summed E-state index contributed by atoms with van der Waals surface area (Å²) in [5, 5.41) is 3.38. The van der Waals surface area contributed by atoms with Crippen molar-refractivity contribution in [3.05, 3.63) is 12.1 Å². The standard InChI is InChI=1S/C15H21NO4/c1-18-12-8-13(19-2)15(14(9-12)20-3)16-10-5-4-6-11(17)7-10/h8-10,16H,4-7H2,1-3H3. The SMILES string of the molecule is COc1cc(OC)c(NC2CCCC(=O)C2)c(OC)c1. The fraction of sp³-hybridized carbons (Fsp3) is 0.533. The lowest BCUT2D eigenvalue weighted by atomic mass is 9.94. The van der Waals surface area contributed by atoms with Crippen molar-refractivity contribution in [3.8, 4) is 17.2 Å². The third-order valence-corrected chi connectivity index (χ3v) is 3.55. The molecule has 0 amide bonds. The molecule has 1 atom stereocenters. The second-order valence-electron chi connectivity index (χ2n) is 4.88. The number of anilines is 1. The third kappa shape index (κ3) is 3.15. The van der Waals surface area contributed by atoms with Gasteiger partial charge >= 0.3 is 0 Å². The molecule has 1 N–H and O–H groups in total. The highest BCUT2D eigenvalue weighted by Gasteiger charge is 2.22. The number of rotatable bonds is 5. The van der Waals surface area contributed by atoms with Gasteiger partial charge in [0.05, 0.1) is 21.3 Å². The highest BCUT2D eigenvalue weighted by atomic mass is 16.5. The average molecular weight is 279 g/mol. The molecule has 1 fully saturated rings. The van der Waals surface area contributed by atoms with Crippen LogP contribution in [0.1, 0.15) is 25.7 Å². The Kier molecular flexibility index (Phi) is 4.71. The summed E-state index contributed by atoms with van der Waals surface area (Å²) in [7, 11) is 4.80. The summed E-state index contributed by atoms with van der Waals surface area (Å²) in [6, 6.07) is 3.73. The molecule has 20 heavy (non-hydrogen) atoms. The Labute approximate surface area is 119 Å². The number of benzene rings is 1. The summed E-state index contributed by atoms with van der Waals surface area (Å²) in [4.78, 5) is 11.6. The second-order valence-corrected chi connectivity index (χ2v) is 4.88. The maximum Gasteiger partial charge on any atom is 0.149 e. The zero-order valence-electron chi connectivity index (χ0n) is 12.2. The van der Waals surface area contributed by atoms with E-state index in [4.69, 9.17) is 14.2 Å². The van der Waals surface area contributed by atoms with Gasteiger partial charge in [-0.05, 0) is 12.8 Å². The number of nitrogens with one attached hydrogen (secondary N) is 1. The molecule has 0 radical (unpaired) electrons. The van der Waals surface area contributed by atoms with Crippen molar-refractivity contribution in [2.75, 3.05) is 26.6 Å². The summed E-state index contributed by atoms with van der Waals surface area (Å²) < 4.78 is 16.0. The van der Waals surface area contributed by atoms with Gasteiger partial charge in [0, 0.05) is 31.0 Å². The number of ether oxygens (including phenoxy) is 3. The van der Waals surface area contributed by atoms with Crippen molar-refractivity contribution in [2.24, 2.45) is 0 Å². The lowest BCUT2D eigenvalue weighted by molar-refractivity contribution is -0.120. The van der Waals surface area contributed by atoms with E-state index >= 15 is 0 Å². The van der Waals surface area contributed by atoms with E-state index in [1.807, 2.05) is 0 Å². The minimum atomic E-state index is 0.132. The quantitative estimate of drug-likeness (QED) is 0.898. The summed E-state index contributed by atoms with van der Waals surface area (Å²) in [5.74, 6) is 2.28. The van der Waals surface area contributed by atoms with Crippen LogP contribution in [0.25, 0.3) is 0 Å². The van der Waals surface area contributed by atoms with Gasteiger partial charge in [-0.3, -0.25) is 4.79 Å². The highest BCUT2D eigenvalue weighted by Crippen LogP contribution is 2.40. The molecule has 1 saturated carbocycles. The van der Waals surface area contributed by atoms with Crippen LogP contribution in [0.5, 0.6) is 17.2 Å². The highest BCUT2D eigenvalue weighted by molar-refractivity contribution is 5.80. The molecular formula is C15H21NO4. The first-order chi connectivity index (χ1) is 9.67. The van der Waals surface area contributed by atoms with Gasteiger partial charge in [-0.25, -0.2) is 0 Å². The van der Waals surface area contributed by atoms with Gasteiger partial charge in [0.1, 0.15) is 28.7 Å². The molecule has 0 saturated heterocycles. The molecule has 0 aliphatic heterocycles. The van der Waals surface area contributed by atoms with E-state index in [0.29, 0.717) is 35.9 Å². The van der Waals surface area contributed by atoms with Crippen molar-refractivity contribution in [1.82, 2.24) is 0 Å². The zero-order valence-corrected chi connectivity index (χ0v) is 12.2. The topological polar surface area (TPSA) is 56.8 Å². The maximum absolute atomic E-state index is 11.6. The van der Waals surface area contributed by atoms with Gasteiger partial charge in [0.15, 0.2) is 0 Å². The minimum absolute atomic E-state index is 0.132. The monoisotopic (exact) mass is 279 g/mol. The van der Waals surface area contributed by atoms with Crippen LogP contribution in [-0.4, -0.2) is 33.2 Å². The molecule has 110 valence electrons. The summed E-state index contributed by atoms with van der Waals surface area (Å²) in [6.45, 7) is 0.